The van der Waals surface area contributed by atoms with Gasteiger partial charge in [0.2, 0.25) is 0 Å². The van der Waals surface area contributed by atoms with Gasteiger partial charge in [-0.25, -0.2) is 4.79 Å². The van der Waals surface area contributed by atoms with Crippen LogP contribution in [-0.4, -0.2) is 17.5 Å². The van der Waals surface area contributed by atoms with Crippen LogP contribution in [0.1, 0.15) is 50.9 Å². The number of anilines is 1. The van der Waals surface area contributed by atoms with E-state index in [-0.39, 0.29) is 12.1 Å². The molecule has 2 aliphatic rings. The van der Waals surface area contributed by atoms with Gasteiger partial charge >= 0.3 is 6.03 Å². The summed E-state index contributed by atoms with van der Waals surface area (Å²) < 4.78 is 0. The van der Waals surface area contributed by atoms with E-state index in [0.29, 0.717) is 0 Å². The molecule has 1 aliphatic carbocycles. The quantitative estimate of drug-likeness (QED) is 0.551. The van der Waals surface area contributed by atoms with Crippen molar-refractivity contribution < 1.29 is 4.79 Å². The summed E-state index contributed by atoms with van der Waals surface area (Å²) >= 11 is 1.95. The molecule has 3 nitrogen and oxygen atoms in total. The number of carbonyl (C=O) groups excluding carboxylic acids is 1. The third-order valence-corrected chi connectivity index (χ3v) is 7.51. The summed E-state index contributed by atoms with van der Waals surface area (Å²) in [4.78, 5) is 18.3. The Hall–Kier alpha value is -2.59. The first-order chi connectivity index (χ1) is 14.2. The summed E-state index contributed by atoms with van der Waals surface area (Å²) in [5, 5.41) is 3.14. The van der Waals surface area contributed by atoms with E-state index >= 15 is 0 Å². The number of urea groups is 1. The Labute approximate surface area is 176 Å². The monoisotopic (exact) mass is 402 g/mol. The fraction of sp³-hybridized carbons (Fsp3) is 0.320. The molecule has 0 unspecified atom stereocenters. The molecule has 0 saturated carbocycles. The second-order valence-electron chi connectivity index (χ2n) is 8.11. The normalized spacial score (nSPS) is 18.1. The number of nitrogens with zero attached hydrogens (tertiary/aromatic N) is 1. The first kappa shape index (κ1) is 18.4. The van der Waals surface area contributed by atoms with Crippen molar-refractivity contribution in [3.63, 3.8) is 0 Å². The van der Waals surface area contributed by atoms with Gasteiger partial charge in [-0.15, -0.1) is 11.3 Å². The Bertz CT molecular complexity index is 1040. The van der Waals surface area contributed by atoms with Gasteiger partial charge in [-0.1, -0.05) is 42.5 Å². The van der Waals surface area contributed by atoms with Gasteiger partial charge in [0.1, 0.15) is 0 Å². The Morgan fingerprint density at radius 2 is 1.83 bits per heavy atom. The van der Waals surface area contributed by atoms with Gasteiger partial charge in [0.25, 0.3) is 0 Å². The predicted octanol–water partition coefficient (Wildman–Crippen LogP) is 6.11. The van der Waals surface area contributed by atoms with Crippen molar-refractivity contribution in [1.29, 1.82) is 0 Å². The van der Waals surface area contributed by atoms with Crippen LogP contribution in [0.4, 0.5) is 10.5 Å². The molecule has 1 aliphatic heterocycles. The van der Waals surface area contributed by atoms with Crippen LogP contribution < -0.4 is 5.32 Å². The van der Waals surface area contributed by atoms with E-state index in [0.717, 1.165) is 24.2 Å². The van der Waals surface area contributed by atoms with E-state index < -0.39 is 0 Å². The summed E-state index contributed by atoms with van der Waals surface area (Å²) in [6.07, 6.45) is 5.96. The Morgan fingerprint density at radius 3 is 2.66 bits per heavy atom. The van der Waals surface area contributed by atoms with Crippen molar-refractivity contribution in [2.24, 2.45) is 0 Å². The minimum absolute atomic E-state index is 0.000333. The largest absolute Gasteiger partial charge is 0.322 e. The lowest BCUT2D eigenvalue weighted by Gasteiger charge is -2.36. The van der Waals surface area contributed by atoms with Gasteiger partial charge in [-0.2, -0.15) is 0 Å². The molecule has 4 heteroatoms. The number of benzene rings is 2. The fourth-order valence-electron chi connectivity index (χ4n) is 4.75. The number of hydrogen-bond donors (Lipinski definition) is 1. The zero-order chi connectivity index (χ0) is 19.8. The first-order valence-electron chi connectivity index (χ1n) is 10.5. The molecule has 1 atom stereocenters. The maximum Gasteiger partial charge on any atom is 0.322 e. The molecule has 2 amide bonds. The van der Waals surface area contributed by atoms with Crippen LogP contribution >= 0.6 is 11.3 Å². The number of thiophene rings is 1. The summed E-state index contributed by atoms with van der Waals surface area (Å²) in [6, 6.07) is 18.5. The molecule has 5 rings (SSSR count). The van der Waals surface area contributed by atoms with Crippen LogP contribution in [0.5, 0.6) is 0 Å². The van der Waals surface area contributed by atoms with Crippen molar-refractivity contribution >= 4 is 23.1 Å². The third-order valence-electron chi connectivity index (χ3n) is 6.12. The zero-order valence-corrected chi connectivity index (χ0v) is 17.6. The number of aryl methyl sites for hydroxylation is 2. The van der Waals surface area contributed by atoms with Crippen LogP contribution in [0, 0.1) is 6.92 Å². The number of hydrogen-bond acceptors (Lipinski definition) is 2. The van der Waals surface area contributed by atoms with E-state index in [1.807, 2.05) is 53.5 Å². The highest BCUT2D eigenvalue weighted by Gasteiger charge is 2.36. The lowest BCUT2D eigenvalue weighted by molar-refractivity contribution is 0.195. The topological polar surface area (TPSA) is 32.3 Å². The third kappa shape index (κ3) is 3.46. The molecule has 0 saturated heterocycles. The number of amides is 2. The molecule has 1 aromatic heterocycles. The van der Waals surface area contributed by atoms with Crippen molar-refractivity contribution in [1.82, 2.24) is 4.90 Å². The molecule has 0 radical (unpaired) electrons. The molecular formula is C25H26N2OS. The lowest BCUT2D eigenvalue weighted by Crippen LogP contribution is -2.42. The van der Waals surface area contributed by atoms with Gasteiger partial charge in [-0.05, 0) is 73.4 Å². The lowest BCUT2D eigenvalue weighted by atomic mass is 9.88. The van der Waals surface area contributed by atoms with Crippen LogP contribution in [0.25, 0.3) is 0 Å². The summed E-state index contributed by atoms with van der Waals surface area (Å²) in [6.45, 7) is 2.80. The maximum atomic E-state index is 13.3. The highest BCUT2D eigenvalue weighted by atomic mass is 32.1. The van der Waals surface area contributed by atoms with E-state index in [1.54, 1.807) is 10.4 Å². The maximum absolute atomic E-state index is 13.3. The number of fused-ring (bicyclic) bond motifs is 3. The minimum Gasteiger partial charge on any atom is -0.312 e. The highest BCUT2D eigenvalue weighted by Crippen LogP contribution is 2.45. The molecule has 2 heterocycles. The standard InChI is InChI=1S/C25H26N2OS/c1-17-8-7-11-19(16-17)26-25(28)27-15-14-21-20-12-5-6-13-22(20)29-24(21)23(27)18-9-3-2-4-10-18/h2-4,7-11,16,23H,5-6,12-15H2,1H3,(H,26,28)/t23-/m0/s1. The SMILES string of the molecule is Cc1cccc(NC(=O)N2CCc3c(sc4c3CCCC4)[C@@H]2c2ccccc2)c1. The summed E-state index contributed by atoms with van der Waals surface area (Å²) in [5.74, 6) is 0. The first-order valence-corrected chi connectivity index (χ1v) is 11.3. The van der Waals surface area contributed by atoms with Gasteiger partial charge in [0.05, 0.1) is 6.04 Å². The number of nitrogens with one attached hydrogen (secondary N) is 1. The van der Waals surface area contributed by atoms with Crippen LogP contribution in [0.15, 0.2) is 54.6 Å². The van der Waals surface area contributed by atoms with Gasteiger partial charge in [-0.3, -0.25) is 0 Å². The van der Waals surface area contributed by atoms with Crippen LogP contribution in [0.3, 0.4) is 0 Å². The summed E-state index contributed by atoms with van der Waals surface area (Å²) in [7, 11) is 0. The molecule has 3 aromatic rings. The molecule has 1 N–H and O–H groups in total. The molecule has 0 spiro atoms. The van der Waals surface area contributed by atoms with Gasteiger partial charge < -0.3 is 10.2 Å². The molecule has 0 bridgehead atoms. The minimum atomic E-state index is -0.0125. The molecule has 0 fully saturated rings. The molecule has 148 valence electrons. The second kappa shape index (κ2) is 7.68. The van der Waals surface area contributed by atoms with E-state index in [2.05, 4.69) is 29.6 Å². The summed E-state index contributed by atoms with van der Waals surface area (Å²) in [5.41, 5.74) is 6.33. The average molecular weight is 403 g/mol. The van der Waals surface area contributed by atoms with Crippen molar-refractivity contribution in [2.75, 3.05) is 11.9 Å². The van der Waals surface area contributed by atoms with Crippen molar-refractivity contribution in [2.45, 2.75) is 45.1 Å². The van der Waals surface area contributed by atoms with Crippen LogP contribution in [0.2, 0.25) is 0 Å². The van der Waals surface area contributed by atoms with E-state index in [1.165, 1.54) is 41.7 Å². The Kier molecular flexibility index (Phi) is 4.88. The highest BCUT2D eigenvalue weighted by molar-refractivity contribution is 7.12. The molecule has 29 heavy (non-hydrogen) atoms. The van der Waals surface area contributed by atoms with Crippen molar-refractivity contribution in [3.8, 4) is 0 Å². The zero-order valence-electron chi connectivity index (χ0n) is 16.8. The van der Waals surface area contributed by atoms with Gasteiger partial charge in [0.15, 0.2) is 0 Å². The van der Waals surface area contributed by atoms with E-state index in [4.69, 9.17) is 0 Å². The molecular weight excluding hydrogens is 376 g/mol. The van der Waals surface area contributed by atoms with Crippen molar-refractivity contribution in [3.05, 3.63) is 86.6 Å². The second-order valence-corrected chi connectivity index (χ2v) is 9.25. The predicted molar refractivity (Wildman–Crippen MR) is 120 cm³/mol. The van der Waals surface area contributed by atoms with Gasteiger partial charge in [0, 0.05) is 22.0 Å². The number of rotatable bonds is 2. The van der Waals surface area contributed by atoms with Crippen LogP contribution in [-0.2, 0) is 19.3 Å². The van der Waals surface area contributed by atoms with E-state index in [9.17, 15) is 4.79 Å². The Morgan fingerprint density at radius 1 is 1.00 bits per heavy atom. The molecule has 2 aromatic carbocycles. The average Bonchev–Trinajstić information content (AvgIpc) is 3.12. The Balaban J connectivity index is 1.53. The fourth-order valence-corrected chi connectivity index (χ4v) is 6.34. The smallest absolute Gasteiger partial charge is 0.312 e. The number of carbonyl (C=O) groups is 1.